The predicted octanol–water partition coefficient (Wildman–Crippen LogP) is 4.26. The second kappa shape index (κ2) is 7.15. The molecule has 1 heterocycles. The molecule has 0 spiro atoms. The highest BCUT2D eigenvalue weighted by Gasteiger charge is 2.31. The van der Waals surface area contributed by atoms with Crippen LogP contribution in [-0.2, 0) is 19.9 Å². The molecule has 21 heavy (non-hydrogen) atoms. The molecule has 0 amide bonds. The summed E-state index contributed by atoms with van der Waals surface area (Å²) in [5, 5.41) is 5.35. The minimum Gasteiger partial charge on any atom is -0.325 e. The summed E-state index contributed by atoms with van der Waals surface area (Å²) < 4.78 is 1.93. The summed E-state index contributed by atoms with van der Waals surface area (Å²) >= 11 is 6.49. The molecule has 0 bridgehead atoms. The van der Waals surface area contributed by atoms with E-state index in [4.69, 9.17) is 17.3 Å². The molecule has 1 aliphatic rings. The highest BCUT2D eigenvalue weighted by molar-refractivity contribution is 6.31. The summed E-state index contributed by atoms with van der Waals surface area (Å²) in [5.74, 6) is 0.869. The Morgan fingerprint density at radius 2 is 2.10 bits per heavy atom. The zero-order valence-corrected chi connectivity index (χ0v) is 14.5. The molecule has 1 saturated carbocycles. The van der Waals surface area contributed by atoms with Crippen LogP contribution in [0, 0.1) is 5.92 Å². The van der Waals surface area contributed by atoms with Crippen LogP contribution in [0.1, 0.15) is 70.2 Å². The number of halogens is 1. The average Bonchev–Trinajstić information content (AvgIpc) is 2.62. The monoisotopic (exact) mass is 311 g/mol. The fourth-order valence-corrected chi connectivity index (χ4v) is 4.08. The molecule has 120 valence electrons. The first-order valence-electron chi connectivity index (χ1n) is 8.48. The number of hydrogen-bond donors (Lipinski definition) is 1. The summed E-state index contributed by atoms with van der Waals surface area (Å²) in [4.78, 5) is 0. The number of rotatable bonds is 5. The molecule has 2 rings (SSSR count). The first kappa shape index (κ1) is 16.8. The molecule has 0 saturated heterocycles. The highest BCUT2D eigenvalue weighted by atomic mass is 35.5. The van der Waals surface area contributed by atoms with Crippen molar-refractivity contribution in [2.24, 2.45) is 18.7 Å². The van der Waals surface area contributed by atoms with Crippen LogP contribution < -0.4 is 5.73 Å². The molecular weight excluding hydrogens is 282 g/mol. The number of nitrogens with two attached hydrogens (primary N) is 1. The van der Waals surface area contributed by atoms with Gasteiger partial charge in [-0.15, -0.1) is 0 Å². The molecule has 0 aromatic carbocycles. The minimum atomic E-state index is -0.106. The normalized spacial score (nSPS) is 26.8. The summed E-state index contributed by atoms with van der Waals surface area (Å²) in [6.07, 6.45) is 10.4. The van der Waals surface area contributed by atoms with Crippen LogP contribution in [-0.4, -0.2) is 15.3 Å². The van der Waals surface area contributed by atoms with E-state index < -0.39 is 0 Å². The van der Waals surface area contributed by atoms with Gasteiger partial charge in [0.1, 0.15) is 0 Å². The van der Waals surface area contributed by atoms with Gasteiger partial charge in [0, 0.05) is 19.0 Å². The van der Waals surface area contributed by atoms with E-state index in [1.165, 1.54) is 32.1 Å². The fraction of sp³-hybridized carbons (Fsp3) is 0.824. The van der Waals surface area contributed by atoms with Gasteiger partial charge in [-0.2, -0.15) is 5.10 Å². The zero-order valence-electron chi connectivity index (χ0n) is 13.8. The van der Waals surface area contributed by atoms with E-state index in [1.54, 1.807) is 0 Å². The fourth-order valence-electron chi connectivity index (χ4n) is 3.72. The standard InChI is InChI=1S/C17H30ClN3/c1-4-7-13-8-6-10-17(19,11-9-13)12-15-16(18)14(5-2)20-21(15)3/h13H,4-12,19H2,1-3H3. The minimum absolute atomic E-state index is 0.106. The zero-order chi connectivity index (χ0) is 15.5. The van der Waals surface area contributed by atoms with Crippen LogP contribution in [0.25, 0.3) is 0 Å². The second-order valence-corrected chi connectivity index (χ2v) is 7.19. The van der Waals surface area contributed by atoms with Crippen molar-refractivity contribution in [3.8, 4) is 0 Å². The maximum atomic E-state index is 6.74. The van der Waals surface area contributed by atoms with Crippen LogP contribution in [0.15, 0.2) is 0 Å². The number of hydrogen-bond acceptors (Lipinski definition) is 2. The Kier molecular flexibility index (Phi) is 5.73. The molecule has 2 N–H and O–H groups in total. The third-order valence-corrected chi connectivity index (χ3v) is 5.49. The molecule has 1 aromatic rings. The van der Waals surface area contributed by atoms with Gasteiger partial charge in [0.2, 0.25) is 0 Å². The number of nitrogens with zero attached hydrogens (tertiary/aromatic N) is 2. The van der Waals surface area contributed by atoms with Gasteiger partial charge in [0.15, 0.2) is 0 Å². The SMILES string of the molecule is CCCC1CCCC(N)(Cc2c(Cl)c(CC)nn2C)CC1. The van der Waals surface area contributed by atoms with Gasteiger partial charge in [-0.05, 0) is 31.6 Å². The van der Waals surface area contributed by atoms with Gasteiger partial charge in [-0.3, -0.25) is 4.68 Å². The van der Waals surface area contributed by atoms with Crippen molar-refractivity contribution in [1.82, 2.24) is 9.78 Å². The van der Waals surface area contributed by atoms with Gasteiger partial charge < -0.3 is 5.73 Å². The van der Waals surface area contributed by atoms with Gasteiger partial charge in [-0.25, -0.2) is 0 Å². The molecule has 1 aromatic heterocycles. The van der Waals surface area contributed by atoms with Crippen molar-refractivity contribution in [3.05, 3.63) is 16.4 Å². The first-order chi connectivity index (χ1) is 9.99. The molecule has 2 atom stereocenters. The van der Waals surface area contributed by atoms with E-state index in [0.29, 0.717) is 0 Å². The summed E-state index contributed by atoms with van der Waals surface area (Å²) in [6, 6.07) is 0. The van der Waals surface area contributed by atoms with Crippen molar-refractivity contribution in [2.75, 3.05) is 0 Å². The lowest BCUT2D eigenvalue weighted by Gasteiger charge is -2.28. The van der Waals surface area contributed by atoms with Crippen molar-refractivity contribution in [2.45, 2.75) is 77.2 Å². The number of aromatic nitrogens is 2. The Balaban J connectivity index is 2.09. The maximum absolute atomic E-state index is 6.74. The summed E-state index contributed by atoms with van der Waals surface area (Å²) in [5.41, 5.74) is 8.74. The van der Waals surface area contributed by atoms with E-state index >= 15 is 0 Å². The van der Waals surface area contributed by atoms with E-state index in [9.17, 15) is 0 Å². The molecular formula is C17H30ClN3. The molecule has 0 radical (unpaired) electrons. The van der Waals surface area contributed by atoms with Crippen molar-refractivity contribution in [1.29, 1.82) is 0 Å². The summed E-state index contributed by atoms with van der Waals surface area (Å²) in [7, 11) is 1.99. The first-order valence-corrected chi connectivity index (χ1v) is 8.86. The van der Waals surface area contributed by atoms with Crippen molar-refractivity contribution >= 4 is 11.6 Å². The lowest BCUT2D eigenvalue weighted by atomic mass is 9.85. The number of aryl methyl sites for hydroxylation is 2. The highest BCUT2D eigenvalue weighted by Crippen LogP contribution is 2.35. The Hall–Kier alpha value is -0.540. The third-order valence-electron chi connectivity index (χ3n) is 5.06. The third kappa shape index (κ3) is 4.01. The van der Waals surface area contributed by atoms with Gasteiger partial charge in [0.05, 0.1) is 16.4 Å². The van der Waals surface area contributed by atoms with E-state index in [2.05, 4.69) is 18.9 Å². The molecule has 2 unspecified atom stereocenters. The molecule has 0 aliphatic heterocycles. The van der Waals surface area contributed by atoms with E-state index in [-0.39, 0.29) is 5.54 Å². The lowest BCUT2D eigenvalue weighted by molar-refractivity contribution is 0.348. The topological polar surface area (TPSA) is 43.8 Å². The van der Waals surface area contributed by atoms with Crippen LogP contribution in [0.3, 0.4) is 0 Å². The smallest absolute Gasteiger partial charge is 0.0850 e. The molecule has 1 fully saturated rings. The molecule has 1 aliphatic carbocycles. The Morgan fingerprint density at radius 3 is 2.71 bits per heavy atom. The predicted molar refractivity (Wildman–Crippen MR) is 89.7 cm³/mol. The second-order valence-electron chi connectivity index (χ2n) is 6.81. The Bertz CT molecular complexity index is 469. The van der Waals surface area contributed by atoms with Crippen LogP contribution in [0.5, 0.6) is 0 Å². The maximum Gasteiger partial charge on any atom is 0.0850 e. The Morgan fingerprint density at radius 1 is 1.33 bits per heavy atom. The van der Waals surface area contributed by atoms with Crippen LogP contribution in [0.4, 0.5) is 0 Å². The van der Waals surface area contributed by atoms with Crippen molar-refractivity contribution < 1.29 is 0 Å². The van der Waals surface area contributed by atoms with E-state index in [1.807, 2.05) is 11.7 Å². The molecule has 4 heteroatoms. The molecule has 3 nitrogen and oxygen atoms in total. The largest absolute Gasteiger partial charge is 0.325 e. The summed E-state index contributed by atoms with van der Waals surface area (Å²) in [6.45, 7) is 4.37. The average molecular weight is 312 g/mol. The van der Waals surface area contributed by atoms with Gasteiger partial charge >= 0.3 is 0 Å². The van der Waals surface area contributed by atoms with Crippen LogP contribution >= 0.6 is 11.6 Å². The Labute approximate surface area is 134 Å². The quantitative estimate of drug-likeness (QED) is 0.826. The van der Waals surface area contributed by atoms with Gasteiger partial charge in [-0.1, -0.05) is 51.1 Å². The van der Waals surface area contributed by atoms with Crippen LogP contribution in [0.2, 0.25) is 5.02 Å². The van der Waals surface area contributed by atoms with Gasteiger partial charge in [0.25, 0.3) is 0 Å². The lowest BCUT2D eigenvalue weighted by Crippen LogP contribution is -2.42. The van der Waals surface area contributed by atoms with E-state index in [0.717, 1.165) is 48.0 Å². The van der Waals surface area contributed by atoms with Crippen molar-refractivity contribution in [3.63, 3.8) is 0 Å².